The topological polar surface area (TPSA) is 39.7 Å². The fourth-order valence-corrected chi connectivity index (χ4v) is 2.77. The lowest BCUT2D eigenvalue weighted by molar-refractivity contribution is 0.221. The molecule has 1 aromatic carbocycles. The van der Waals surface area contributed by atoms with Gasteiger partial charge < -0.3 is 10.6 Å². The number of aliphatic imine (C=N–C) groups is 1. The summed E-state index contributed by atoms with van der Waals surface area (Å²) in [4.78, 5) is 7.10. The molecule has 0 spiro atoms. The molecule has 5 heteroatoms. The van der Waals surface area contributed by atoms with Crippen LogP contribution in [-0.4, -0.2) is 37.0 Å². The van der Waals surface area contributed by atoms with Crippen molar-refractivity contribution in [3.05, 3.63) is 35.4 Å². The first-order valence-corrected chi connectivity index (χ1v) is 8.57. The average molecular weight is 440 g/mol. The van der Waals surface area contributed by atoms with Gasteiger partial charge in [-0.1, -0.05) is 36.6 Å². The van der Waals surface area contributed by atoms with Crippen LogP contribution < -0.4 is 10.6 Å². The van der Waals surface area contributed by atoms with E-state index in [9.17, 15) is 0 Å². The summed E-state index contributed by atoms with van der Waals surface area (Å²) in [5.41, 5.74) is 2.60. The molecule has 0 radical (unpaired) electrons. The molecule has 0 unspecified atom stereocenters. The van der Waals surface area contributed by atoms with Gasteiger partial charge in [-0.15, -0.1) is 30.4 Å². The molecule has 0 amide bonds. The van der Waals surface area contributed by atoms with Gasteiger partial charge in [-0.25, -0.2) is 4.99 Å². The molecule has 1 fully saturated rings. The SMILES string of the molecule is C#CCNC(=NCc1ccc(CN2CCCCC2)cc1)NCC.I. The Morgan fingerprint density at radius 3 is 2.42 bits per heavy atom. The van der Waals surface area contributed by atoms with Crippen LogP contribution in [0.1, 0.15) is 37.3 Å². The van der Waals surface area contributed by atoms with Crippen molar-refractivity contribution >= 4 is 29.9 Å². The number of benzene rings is 1. The molecule has 1 aliphatic heterocycles. The zero-order chi connectivity index (χ0) is 16.3. The highest BCUT2D eigenvalue weighted by Crippen LogP contribution is 2.13. The Balaban J connectivity index is 0.00000288. The van der Waals surface area contributed by atoms with Crippen LogP contribution in [0.2, 0.25) is 0 Å². The highest BCUT2D eigenvalue weighted by atomic mass is 127. The minimum Gasteiger partial charge on any atom is -0.357 e. The van der Waals surface area contributed by atoms with Crippen LogP contribution in [0.3, 0.4) is 0 Å². The molecule has 1 saturated heterocycles. The van der Waals surface area contributed by atoms with E-state index in [2.05, 4.69) is 50.7 Å². The predicted molar refractivity (Wildman–Crippen MR) is 113 cm³/mol. The first kappa shape index (κ1) is 20.8. The maximum atomic E-state index is 5.27. The average Bonchev–Trinajstić information content (AvgIpc) is 2.59. The molecule has 1 aliphatic rings. The van der Waals surface area contributed by atoms with E-state index in [-0.39, 0.29) is 24.0 Å². The second-order valence-electron chi connectivity index (χ2n) is 5.91. The highest BCUT2D eigenvalue weighted by Gasteiger charge is 2.10. The molecule has 1 aromatic rings. The van der Waals surface area contributed by atoms with E-state index in [0.29, 0.717) is 13.1 Å². The van der Waals surface area contributed by atoms with Crippen molar-refractivity contribution in [2.45, 2.75) is 39.3 Å². The summed E-state index contributed by atoms with van der Waals surface area (Å²) in [6.07, 6.45) is 9.33. The number of halogens is 1. The molecule has 0 aliphatic carbocycles. The summed E-state index contributed by atoms with van der Waals surface area (Å²) in [6, 6.07) is 8.80. The third-order valence-corrected chi connectivity index (χ3v) is 4.00. The summed E-state index contributed by atoms with van der Waals surface area (Å²) < 4.78 is 0. The van der Waals surface area contributed by atoms with Gasteiger partial charge in [0.05, 0.1) is 13.1 Å². The Labute approximate surface area is 163 Å². The van der Waals surface area contributed by atoms with Gasteiger partial charge in [0.15, 0.2) is 5.96 Å². The van der Waals surface area contributed by atoms with Crippen LogP contribution in [0, 0.1) is 12.3 Å². The Morgan fingerprint density at radius 1 is 1.12 bits per heavy atom. The quantitative estimate of drug-likeness (QED) is 0.309. The van der Waals surface area contributed by atoms with E-state index in [1.807, 2.05) is 6.92 Å². The van der Waals surface area contributed by atoms with Gasteiger partial charge in [0.1, 0.15) is 0 Å². The normalized spacial score (nSPS) is 15.2. The molecule has 4 nitrogen and oxygen atoms in total. The summed E-state index contributed by atoms with van der Waals surface area (Å²) >= 11 is 0. The van der Waals surface area contributed by atoms with E-state index in [4.69, 9.17) is 6.42 Å². The molecule has 132 valence electrons. The van der Waals surface area contributed by atoms with Crippen molar-refractivity contribution in [3.63, 3.8) is 0 Å². The van der Waals surface area contributed by atoms with E-state index in [0.717, 1.165) is 19.0 Å². The number of likely N-dealkylation sites (tertiary alicyclic amines) is 1. The number of terminal acetylenes is 1. The molecule has 0 atom stereocenters. The van der Waals surface area contributed by atoms with Crippen LogP contribution in [0.25, 0.3) is 0 Å². The Kier molecular flexibility index (Phi) is 10.5. The zero-order valence-electron chi connectivity index (χ0n) is 14.6. The number of guanidine groups is 1. The fraction of sp³-hybridized carbons (Fsp3) is 0.526. The van der Waals surface area contributed by atoms with Gasteiger partial charge in [-0.3, -0.25) is 4.90 Å². The Bertz CT molecular complexity index is 527. The summed E-state index contributed by atoms with van der Waals surface area (Å²) in [6.45, 7) is 7.55. The van der Waals surface area contributed by atoms with Gasteiger partial charge in [0, 0.05) is 13.1 Å². The molecular formula is C19H29IN4. The highest BCUT2D eigenvalue weighted by molar-refractivity contribution is 14.0. The minimum absolute atomic E-state index is 0. The van der Waals surface area contributed by atoms with Gasteiger partial charge >= 0.3 is 0 Å². The summed E-state index contributed by atoms with van der Waals surface area (Å²) in [7, 11) is 0. The van der Waals surface area contributed by atoms with Crippen LogP contribution >= 0.6 is 24.0 Å². The third kappa shape index (κ3) is 7.54. The standard InChI is InChI=1S/C19H28N4.HI/c1-3-12-21-19(20-4-2)22-15-17-8-10-18(11-9-17)16-23-13-6-5-7-14-23;/h1,8-11H,4-7,12-16H2,2H3,(H2,20,21,22);1H. The van der Waals surface area contributed by atoms with Crippen molar-refractivity contribution in [2.75, 3.05) is 26.2 Å². The first-order valence-electron chi connectivity index (χ1n) is 8.57. The van der Waals surface area contributed by atoms with Gasteiger partial charge in [0.25, 0.3) is 0 Å². The van der Waals surface area contributed by atoms with Crippen molar-refractivity contribution in [1.82, 2.24) is 15.5 Å². The van der Waals surface area contributed by atoms with Crippen molar-refractivity contribution in [2.24, 2.45) is 4.99 Å². The molecule has 0 aromatic heterocycles. The van der Waals surface area contributed by atoms with Crippen molar-refractivity contribution < 1.29 is 0 Å². The maximum Gasteiger partial charge on any atom is 0.192 e. The van der Waals surface area contributed by atoms with Gasteiger partial charge in [-0.05, 0) is 44.0 Å². The monoisotopic (exact) mass is 440 g/mol. The zero-order valence-corrected chi connectivity index (χ0v) is 16.9. The number of rotatable bonds is 6. The van der Waals surface area contributed by atoms with E-state index in [1.54, 1.807) is 0 Å². The first-order chi connectivity index (χ1) is 11.3. The molecule has 2 rings (SSSR count). The van der Waals surface area contributed by atoms with Crippen LogP contribution in [0.5, 0.6) is 0 Å². The van der Waals surface area contributed by atoms with E-state index in [1.165, 1.54) is 43.5 Å². The lowest BCUT2D eigenvalue weighted by atomic mass is 10.1. The second-order valence-corrected chi connectivity index (χ2v) is 5.91. The van der Waals surface area contributed by atoms with E-state index >= 15 is 0 Å². The maximum absolute atomic E-state index is 5.27. The predicted octanol–water partition coefficient (Wildman–Crippen LogP) is 2.98. The molecule has 2 N–H and O–H groups in total. The molecule has 0 bridgehead atoms. The third-order valence-electron chi connectivity index (χ3n) is 4.00. The number of hydrogen-bond acceptors (Lipinski definition) is 2. The van der Waals surface area contributed by atoms with Crippen LogP contribution in [-0.2, 0) is 13.1 Å². The van der Waals surface area contributed by atoms with Crippen molar-refractivity contribution in [1.29, 1.82) is 0 Å². The number of hydrogen-bond donors (Lipinski definition) is 2. The lowest BCUT2D eigenvalue weighted by Gasteiger charge is -2.26. The van der Waals surface area contributed by atoms with Crippen LogP contribution in [0.15, 0.2) is 29.3 Å². The van der Waals surface area contributed by atoms with Crippen LogP contribution in [0.4, 0.5) is 0 Å². The number of nitrogens with zero attached hydrogens (tertiary/aromatic N) is 2. The Hall–Kier alpha value is -1.26. The largest absolute Gasteiger partial charge is 0.357 e. The summed E-state index contributed by atoms with van der Waals surface area (Å²) in [5.74, 6) is 3.33. The van der Waals surface area contributed by atoms with Gasteiger partial charge in [0.2, 0.25) is 0 Å². The Morgan fingerprint density at radius 2 is 1.79 bits per heavy atom. The minimum atomic E-state index is 0. The second kappa shape index (κ2) is 12.2. The van der Waals surface area contributed by atoms with Crippen molar-refractivity contribution in [3.8, 4) is 12.3 Å². The number of piperidine rings is 1. The molecule has 1 heterocycles. The number of nitrogens with one attached hydrogen (secondary N) is 2. The lowest BCUT2D eigenvalue weighted by Crippen LogP contribution is -2.37. The molecule has 0 saturated carbocycles. The fourth-order valence-electron chi connectivity index (χ4n) is 2.77. The van der Waals surface area contributed by atoms with Gasteiger partial charge in [-0.2, -0.15) is 0 Å². The molecular weight excluding hydrogens is 411 g/mol. The van der Waals surface area contributed by atoms with E-state index < -0.39 is 0 Å². The summed E-state index contributed by atoms with van der Waals surface area (Å²) in [5, 5.41) is 6.29. The molecule has 24 heavy (non-hydrogen) atoms. The smallest absolute Gasteiger partial charge is 0.192 e.